The molecular weight excluding hydrogens is 226 g/mol. The molecule has 3 nitrogen and oxygen atoms in total. The Morgan fingerprint density at radius 2 is 2.44 bits per heavy atom. The zero-order valence-electron chi connectivity index (χ0n) is 9.33. The highest BCUT2D eigenvalue weighted by molar-refractivity contribution is 6.31. The van der Waals surface area contributed by atoms with Crippen LogP contribution in [0.5, 0.6) is 5.75 Å². The monoisotopic (exact) mass is 241 g/mol. The van der Waals surface area contributed by atoms with Gasteiger partial charge in [0.05, 0.1) is 13.7 Å². The minimum atomic E-state index is 0.431. The average Bonchev–Trinajstić information content (AvgIpc) is 2.80. The van der Waals surface area contributed by atoms with Crippen LogP contribution in [0.25, 0.3) is 0 Å². The van der Waals surface area contributed by atoms with E-state index < -0.39 is 0 Å². The number of hydrogen-bond donors (Lipinski definition) is 1. The van der Waals surface area contributed by atoms with Crippen molar-refractivity contribution in [2.24, 2.45) is 0 Å². The van der Waals surface area contributed by atoms with E-state index in [1.807, 2.05) is 18.2 Å². The van der Waals surface area contributed by atoms with Gasteiger partial charge in [-0.25, -0.2) is 0 Å². The van der Waals surface area contributed by atoms with Crippen molar-refractivity contribution in [1.29, 1.82) is 0 Å². The molecule has 1 aromatic rings. The molecule has 0 radical (unpaired) electrons. The molecule has 1 aliphatic heterocycles. The highest BCUT2D eigenvalue weighted by Gasteiger charge is 2.16. The lowest BCUT2D eigenvalue weighted by Crippen LogP contribution is -2.28. The molecule has 0 spiro atoms. The summed E-state index contributed by atoms with van der Waals surface area (Å²) in [6, 6.07) is 6.13. The van der Waals surface area contributed by atoms with Gasteiger partial charge in [0.1, 0.15) is 5.75 Å². The number of benzene rings is 1. The predicted molar refractivity (Wildman–Crippen MR) is 64.1 cm³/mol. The third kappa shape index (κ3) is 2.67. The smallest absolute Gasteiger partial charge is 0.124 e. The summed E-state index contributed by atoms with van der Waals surface area (Å²) in [6.07, 6.45) is 1.06. The van der Waals surface area contributed by atoms with Crippen LogP contribution < -0.4 is 10.1 Å². The number of methoxy groups -OCH3 is 1. The van der Waals surface area contributed by atoms with Crippen LogP contribution in [0.1, 0.15) is 12.0 Å². The summed E-state index contributed by atoms with van der Waals surface area (Å²) in [5.74, 6) is 0.832. The van der Waals surface area contributed by atoms with Crippen molar-refractivity contribution in [2.75, 3.05) is 20.3 Å². The van der Waals surface area contributed by atoms with E-state index in [2.05, 4.69) is 5.32 Å². The molecule has 1 heterocycles. The van der Waals surface area contributed by atoms with Gasteiger partial charge in [0.25, 0.3) is 0 Å². The third-order valence-corrected chi connectivity index (χ3v) is 3.15. The van der Waals surface area contributed by atoms with Gasteiger partial charge in [-0.15, -0.1) is 0 Å². The van der Waals surface area contributed by atoms with Gasteiger partial charge in [-0.05, 0) is 18.6 Å². The summed E-state index contributed by atoms with van der Waals surface area (Å²) in [5.41, 5.74) is 1.01. The quantitative estimate of drug-likeness (QED) is 0.877. The van der Waals surface area contributed by atoms with Gasteiger partial charge < -0.3 is 14.8 Å². The Morgan fingerprint density at radius 1 is 1.56 bits per heavy atom. The van der Waals surface area contributed by atoms with Gasteiger partial charge in [-0.1, -0.05) is 17.7 Å². The largest absolute Gasteiger partial charge is 0.496 e. The molecule has 0 amide bonds. The molecule has 0 saturated carbocycles. The molecular formula is C12H16ClNO2. The highest BCUT2D eigenvalue weighted by atomic mass is 35.5. The summed E-state index contributed by atoms with van der Waals surface area (Å²) in [5, 5.41) is 4.17. The van der Waals surface area contributed by atoms with Crippen molar-refractivity contribution in [1.82, 2.24) is 5.32 Å². The Kier molecular flexibility index (Phi) is 4.04. The van der Waals surface area contributed by atoms with E-state index in [-0.39, 0.29) is 0 Å². The summed E-state index contributed by atoms with van der Waals surface area (Å²) in [4.78, 5) is 0. The molecule has 4 heteroatoms. The van der Waals surface area contributed by atoms with Crippen molar-refractivity contribution in [3.05, 3.63) is 28.8 Å². The molecule has 16 heavy (non-hydrogen) atoms. The zero-order chi connectivity index (χ0) is 11.4. The van der Waals surface area contributed by atoms with Crippen LogP contribution in [0.4, 0.5) is 0 Å². The first-order valence-corrected chi connectivity index (χ1v) is 5.81. The normalized spacial score (nSPS) is 20.0. The molecule has 1 fully saturated rings. The van der Waals surface area contributed by atoms with Gasteiger partial charge in [-0.3, -0.25) is 0 Å². The van der Waals surface area contributed by atoms with E-state index in [1.54, 1.807) is 7.11 Å². The minimum absolute atomic E-state index is 0.431. The van der Waals surface area contributed by atoms with Crippen LogP contribution in [-0.2, 0) is 11.3 Å². The Labute approximate surface area is 101 Å². The van der Waals surface area contributed by atoms with E-state index in [4.69, 9.17) is 21.1 Å². The molecule has 1 atom stereocenters. The molecule has 1 saturated heterocycles. The molecule has 88 valence electrons. The first-order valence-electron chi connectivity index (χ1n) is 5.44. The van der Waals surface area contributed by atoms with E-state index in [9.17, 15) is 0 Å². The number of rotatable bonds is 4. The Balaban J connectivity index is 2.01. The second kappa shape index (κ2) is 5.53. The van der Waals surface area contributed by atoms with Crippen molar-refractivity contribution in [3.63, 3.8) is 0 Å². The van der Waals surface area contributed by atoms with Crippen LogP contribution in [0, 0.1) is 0 Å². The van der Waals surface area contributed by atoms with Crippen LogP contribution in [-0.4, -0.2) is 26.4 Å². The standard InChI is InChI=1S/C12H16ClNO2/c1-15-12-4-2-3-11(13)10(12)7-14-9-5-6-16-8-9/h2-4,9,14H,5-8H2,1H3. The lowest BCUT2D eigenvalue weighted by Gasteiger charge is -2.14. The SMILES string of the molecule is COc1cccc(Cl)c1CNC1CCOC1. The van der Waals surface area contributed by atoms with Crippen LogP contribution in [0.3, 0.4) is 0 Å². The fourth-order valence-electron chi connectivity index (χ4n) is 1.84. The predicted octanol–water partition coefficient (Wildman–Crippen LogP) is 2.23. The Morgan fingerprint density at radius 3 is 3.12 bits per heavy atom. The molecule has 2 rings (SSSR count). The fraction of sp³-hybridized carbons (Fsp3) is 0.500. The Bertz CT molecular complexity index is 351. The second-order valence-corrected chi connectivity index (χ2v) is 4.27. The van der Waals surface area contributed by atoms with E-state index in [0.29, 0.717) is 6.04 Å². The van der Waals surface area contributed by atoms with E-state index >= 15 is 0 Å². The number of nitrogens with one attached hydrogen (secondary N) is 1. The van der Waals surface area contributed by atoms with Crippen molar-refractivity contribution >= 4 is 11.6 Å². The van der Waals surface area contributed by atoms with Crippen molar-refractivity contribution in [3.8, 4) is 5.75 Å². The maximum atomic E-state index is 6.14. The van der Waals surface area contributed by atoms with Gasteiger partial charge in [0.2, 0.25) is 0 Å². The summed E-state index contributed by atoms with van der Waals surface area (Å²) in [7, 11) is 1.66. The highest BCUT2D eigenvalue weighted by Crippen LogP contribution is 2.26. The van der Waals surface area contributed by atoms with Crippen LogP contribution >= 0.6 is 11.6 Å². The lowest BCUT2D eigenvalue weighted by atomic mass is 10.1. The topological polar surface area (TPSA) is 30.5 Å². The summed E-state index contributed by atoms with van der Waals surface area (Å²) < 4.78 is 10.6. The first kappa shape index (κ1) is 11.7. The van der Waals surface area contributed by atoms with Crippen molar-refractivity contribution in [2.45, 2.75) is 19.0 Å². The maximum Gasteiger partial charge on any atom is 0.124 e. The molecule has 1 N–H and O–H groups in total. The summed E-state index contributed by atoms with van der Waals surface area (Å²) in [6.45, 7) is 2.35. The molecule has 1 aromatic carbocycles. The Hall–Kier alpha value is -0.770. The third-order valence-electron chi connectivity index (χ3n) is 2.79. The van der Waals surface area contributed by atoms with E-state index in [0.717, 1.165) is 42.5 Å². The molecule has 1 aliphatic rings. The fourth-order valence-corrected chi connectivity index (χ4v) is 2.08. The average molecular weight is 242 g/mol. The van der Waals surface area contributed by atoms with Crippen molar-refractivity contribution < 1.29 is 9.47 Å². The minimum Gasteiger partial charge on any atom is -0.496 e. The summed E-state index contributed by atoms with van der Waals surface area (Å²) >= 11 is 6.14. The molecule has 1 unspecified atom stereocenters. The van der Waals surface area contributed by atoms with Gasteiger partial charge >= 0.3 is 0 Å². The molecule has 0 aromatic heterocycles. The van der Waals surface area contributed by atoms with Gasteiger partial charge in [0, 0.05) is 29.8 Å². The van der Waals surface area contributed by atoms with Crippen LogP contribution in [0.15, 0.2) is 18.2 Å². The lowest BCUT2D eigenvalue weighted by molar-refractivity contribution is 0.189. The van der Waals surface area contributed by atoms with Crippen LogP contribution in [0.2, 0.25) is 5.02 Å². The number of ether oxygens (including phenoxy) is 2. The van der Waals surface area contributed by atoms with Gasteiger partial charge in [0.15, 0.2) is 0 Å². The first-order chi connectivity index (χ1) is 7.81. The molecule has 0 aliphatic carbocycles. The maximum absolute atomic E-state index is 6.14. The zero-order valence-corrected chi connectivity index (χ0v) is 10.1. The van der Waals surface area contributed by atoms with E-state index in [1.165, 1.54) is 0 Å². The number of hydrogen-bond acceptors (Lipinski definition) is 3. The van der Waals surface area contributed by atoms with Gasteiger partial charge in [-0.2, -0.15) is 0 Å². The number of halogens is 1. The second-order valence-electron chi connectivity index (χ2n) is 3.86. The molecule has 0 bridgehead atoms.